The summed E-state index contributed by atoms with van der Waals surface area (Å²) in [4.78, 5) is 23.8. The maximum Gasteiger partial charge on any atom is 0.224 e. The van der Waals surface area contributed by atoms with Gasteiger partial charge in [-0.1, -0.05) is 20.8 Å². The molecule has 0 aromatic heterocycles. The first-order chi connectivity index (χ1) is 8.99. The standard InChI is InChI=1S/C16H21NO2/c1-10(2)11(3)16(19)13-7-8-14-12(9-13)5-4-6-15(18)17-14/h7-11H,4-6H2,1-3H3,(H,17,18). The number of hydrogen-bond acceptors (Lipinski definition) is 2. The Morgan fingerprint density at radius 1 is 1.21 bits per heavy atom. The number of rotatable bonds is 3. The monoisotopic (exact) mass is 259 g/mol. The normalized spacial score (nSPS) is 16.5. The number of nitrogens with one attached hydrogen (secondary N) is 1. The van der Waals surface area contributed by atoms with Gasteiger partial charge in [-0.15, -0.1) is 0 Å². The third-order valence-corrected chi connectivity index (χ3v) is 3.93. The first-order valence-corrected chi connectivity index (χ1v) is 6.96. The number of benzene rings is 1. The van der Waals surface area contributed by atoms with E-state index in [2.05, 4.69) is 19.2 Å². The lowest BCUT2D eigenvalue weighted by molar-refractivity contribution is -0.116. The maximum atomic E-state index is 12.3. The highest BCUT2D eigenvalue weighted by molar-refractivity contribution is 5.99. The highest BCUT2D eigenvalue weighted by Crippen LogP contribution is 2.25. The van der Waals surface area contributed by atoms with Crippen LogP contribution in [0.2, 0.25) is 0 Å². The molecule has 0 radical (unpaired) electrons. The lowest BCUT2D eigenvalue weighted by Crippen LogP contribution is -2.17. The van der Waals surface area contributed by atoms with Crippen LogP contribution in [0.15, 0.2) is 18.2 Å². The minimum absolute atomic E-state index is 0.0263. The lowest BCUT2D eigenvalue weighted by Gasteiger charge is -2.15. The quantitative estimate of drug-likeness (QED) is 0.845. The zero-order valence-electron chi connectivity index (χ0n) is 11.8. The van der Waals surface area contributed by atoms with Gasteiger partial charge in [0, 0.05) is 23.6 Å². The van der Waals surface area contributed by atoms with E-state index in [1.807, 2.05) is 25.1 Å². The molecule has 1 aliphatic rings. The van der Waals surface area contributed by atoms with Gasteiger partial charge in [-0.05, 0) is 42.5 Å². The maximum absolute atomic E-state index is 12.3. The van der Waals surface area contributed by atoms with Gasteiger partial charge < -0.3 is 5.32 Å². The van der Waals surface area contributed by atoms with Crippen LogP contribution in [0.1, 0.15) is 49.5 Å². The van der Waals surface area contributed by atoms with Gasteiger partial charge in [0.25, 0.3) is 0 Å². The molecule has 102 valence electrons. The van der Waals surface area contributed by atoms with Crippen LogP contribution in [-0.4, -0.2) is 11.7 Å². The van der Waals surface area contributed by atoms with E-state index in [1.165, 1.54) is 0 Å². The van der Waals surface area contributed by atoms with E-state index < -0.39 is 0 Å². The molecule has 0 bridgehead atoms. The number of Topliss-reactive ketones (excluding diaryl/α,β-unsaturated/α-hetero) is 1. The number of anilines is 1. The second kappa shape index (κ2) is 5.55. The van der Waals surface area contributed by atoms with Crippen molar-refractivity contribution in [2.45, 2.75) is 40.0 Å². The molecule has 19 heavy (non-hydrogen) atoms. The van der Waals surface area contributed by atoms with Crippen LogP contribution in [0.3, 0.4) is 0 Å². The van der Waals surface area contributed by atoms with Gasteiger partial charge in [0.1, 0.15) is 0 Å². The first kappa shape index (κ1) is 13.8. The third kappa shape index (κ3) is 3.03. The molecular weight excluding hydrogens is 238 g/mol. The summed E-state index contributed by atoms with van der Waals surface area (Å²) in [7, 11) is 0. The van der Waals surface area contributed by atoms with Crippen LogP contribution in [0, 0.1) is 11.8 Å². The molecule has 1 aromatic carbocycles. The van der Waals surface area contributed by atoms with Gasteiger partial charge >= 0.3 is 0 Å². The minimum atomic E-state index is 0.0263. The van der Waals surface area contributed by atoms with E-state index >= 15 is 0 Å². The molecule has 1 amide bonds. The summed E-state index contributed by atoms with van der Waals surface area (Å²) < 4.78 is 0. The molecule has 1 aliphatic heterocycles. The highest BCUT2D eigenvalue weighted by atomic mass is 16.1. The minimum Gasteiger partial charge on any atom is -0.326 e. The summed E-state index contributed by atoms with van der Waals surface area (Å²) >= 11 is 0. The van der Waals surface area contributed by atoms with Crippen LogP contribution < -0.4 is 5.32 Å². The summed E-state index contributed by atoms with van der Waals surface area (Å²) in [5, 5.41) is 2.89. The van der Waals surface area contributed by atoms with Gasteiger partial charge in [0.05, 0.1) is 0 Å². The van der Waals surface area contributed by atoms with Crippen molar-refractivity contribution in [3.63, 3.8) is 0 Å². The SMILES string of the molecule is CC(C)C(C)C(=O)c1ccc2c(c1)CCCC(=O)N2. The summed E-state index contributed by atoms with van der Waals surface area (Å²) in [6.45, 7) is 6.10. The van der Waals surface area contributed by atoms with Crippen molar-refractivity contribution in [3.8, 4) is 0 Å². The van der Waals surface area contributed by atoms with Gasteiger partial charge in [-0.3, -0.25) is 9.59 Å². The molecule has 0 spiro atoms. The van der Waals surface area contributed by atoms with Gasteiger partial charge in [0.15, 0.2) is 5.78 Å². The fraction of sp³-hybridized carbons (Fsp3) is 0.500. The van der Waals surface area contributed by atoms with Crippen molar-refractivity contribution in [1.29, 1.82) is 0 Å². The molecule has 3 nitrogen and oxygen atoms in total. The Bertz CT molecular complexity index is 505. The molecule has 1 atom stereocenters. The second-order valence-corrected chi connectivity index (χ2v) is 5.67. The van der Waals surface area contributed by atoms with Crippen molar-refractivity contribution in [3.05, 3.63) is 29.3 Å². The van der Waals surface area contributed by atoms with E-state index in [-0.39, 0.29) is 17.6 Å². The number of aryl methyl sites for hydroxylation is 1. The largest absolute Gasteiger partial charge is 0.326 e. The van der Waals surface area contributed by atoms with Crippen LogP contribution in [-0.2, 0) is 11.2 Å². The van der Waals surface area contributed by atoms with Crippen molar-refractivity contribution in [2.24, 2.45) is 11.8 Å². The lowest BCUT2D eigenvalue weighted by atomic mass is 9.88. The fourth-order valence-corrected chi connectivity index (χ4v) is 2.29. The second-order valence-electron chi connectivity index (χ2n) is 5.67. The van der Waals surface area contributed by atoms with E-state index in [1.54, 1.807) is 0 Å². The van der Waals surface area contributed by atoms with Gasteiger partial charge in [-0.25, -0.2) is 0 Å². The average Bonchev–Trinajstić information content (AvgIpc) is 2.56. The predicted octanol–water partition coefficient (Wildman–Crippen LogP) is 3.44. The average molecular weight is 259 g/mol. The Morgan fingerprint density at radius 3 is 2.63 bits per heavy atom. The van der Waals surface area contributed by atoms with Crippen LogP contribution >= 0.6 is 0 Å². The van der Waals surface area contributed by atoms with Crippen molar-refractivity contribution >= 4 is 17.4 Å². The molecule has 0 fully saturated rings. The molecule has 1 heterocycles. The summed E-state index contributed by atoms with van der Waals surface area (Å²) in [6.07, 6.45) is 2.25. The van der Waals surface area contributed by atoms with Crippen LogP contribution in [0.4, 0.5) is 5.69 Å². The number of fused-ring (bicyclic) bond motifs is 1. The van der Waals surface area contributed by atoms with Crippen molar-refractivity contribution < 1.29 is 9.59 Å². The smallest absolute Gasteiger partial charge is 0.224 e. The predicted molar refractivity (Wildman–Crippen MR) is 76.3 cm³/mol. The Balaban J connectivity index is 2.28. The molecule has 1 N–H and O–H groups in total. The summed E-state index contributed by atoms with van der Waals surface area (Å²) in [5.41, 5.74) is 2.69. The Labute approximate surface area is 114 Å². The fourth-order valence-electron chi connectivity index (χ4n) is 2.29. The molecule has 0 saturated carbocycles. The zero-order valence-corrected chi connectivity index (χ0v) is 11.8. The molecule has 2 rings (SSSR count). The topological polar surface area (TPSA) is 46.2 Å². The number of amides is 1. The van der Waals surface area contributed by atoms with E-state index in [4.69, 9.17) is 0 Å². The zero-order chi connectivity index (χ0) is 14.0. The molecule has 1 aromatic rings. The van der Waals surface area contributed by atoms with Gasteiger partial charge in [0.2, 0.25) is 5.91 Å². The van der Waals surface area contributed by atoms with Crippen LogP contribution in [0.5, 0.6) is 0 Å². The Morgan fingerprint density at radius 2 is 1.95 bits per heavy atom. The molecule has 0 saturated heterocycles. The highest BCUT2D eigenvalue weighted by Gasteiger charge is 2.20. The number of ketones is 1. The molecule has 3 heteroatoms. The third-order valence-electron chi connectivity index (χ3n) is 3.93. The van der Waals surface area contributed by atoms with E-state index in [0.717, 1.165) is 29.7 Å². The summed E-state index contributed by atoms with van der Waals surface area (Å²) in [6, 6.07) is 5.63. The van der Waals surface area contributed by atoms with Crippen molar-refractivity contribution in [2.75, 3.05) is 5.32 Å². The number of hydrogen-bond donors (Lipinski definition) is 1. The Kier molecular flexibility index (Phi) is 4.03. The summed E-state index contributed by atoms with van der Waals surface area (Å²) in [5.74, 6) is 0.617. The molecule has 0 aliphatic carbocycles. The van der Waals surface area contributed by atoms with Crippen molar-refractivity contribution in [1.82, 2.24) is 0 Å². The number of carbonyl (C=O) groups is 2. The molecular formula is C16H21NO2. The Hall–Kier alpha value is -1.64. The van der Waals surface area contributed by atoms with E-state index in [9.17, 15) is 9.59 Å². The molecule has 1 unspecified atom stereocenters. The number of carbonyl (C=O) groups excluding carboxylic acids is 2. The van der Waals surface area contributed by atoms with Gasteiger partial charge in [-0.2, -0.15) is 0 Å². The first-order valence-electron chi connectivity index (χ1n) is 6.96. The van der Waals surface area contributed by atoms with Crippen LogP contribution in [0.25, 0.3) is 0 Å². The van der Waals surface area contributed by atoms with E-state index in [0.29, 0.717) is 12.3 Å².